The van der Waals surface area contributed by atoms with Crippen LogP contribution in [0.1, 0.15) is 79.1 Å². The molecule has 0 saturated heterocycles. The molecule has 0 aromatic rings. The van der Waals surface area contributed by atoms with E-state index in [9.17, 15) is 9.59 Å². The van der Waals surface area contributed by atoms with Crippen LogP contribution in [0.2, 0.25) is 0 Å². The summed E-state index contributed by atoms with van der Waals surface area (Å²) in [6, 6.07) is 0.133. The van der Waals surface area contributed by atoms with Gasteiger partial charge in [-0.2, -0.15) is 0 Å². The number of rotatable bonds is 12. The minimum Gasteiger partial charge on any atom is -0.352 e. The van der Waals surface area contributed by atoms with Crippen molar-refractivity contribution in [1.82, 2.24) is 10.6 Å². The smallest absolute Gasteiger partial charge is 0.239 e. The third-order valence-corrected chi connectivity index (χ3v) is 3.51. The Kier molecular flexibility index (Phi) is 12.5. The van der Waals surface area contributed by atoms with Crippen molar-refractivity contribution < 1.29 is 9.59 Å². The van der Waals surface area contributed by atoms with Crippen LogP contribution in [-0.4, -0.2) is 24.4 Å². The zero-order chi connectivity index (χ0) is 16.8. The SMILES string of the molecule is CCCCCCCC(=O)NCC(=O)N[C@@H](C)CCC=C(C)C. The molecule has 22 heavy (non-hydrogen) atoms. The number of nitrogens with one attached hydrogen (secondary N) is 2. The Morgan fingerprint density at radius 2 is 1.73 bits per heavy atom. The third kappa shape index (κ3) is 13.7. The van der Waals surface area contributed by atoms with Crippen LogP contribution in [0.4, 0.5) is 0 Å². The Balaban J connectivity index is 3.66. The van der Waals surface area contributed by atoms with E-state index < -0.39 is 0 Å². The van der Waals surface area contributed by atoms with Crippen LogP contribution in [0.5, 0.6) is 0 Å². The lowest BCUT2D eigenvalue weighted by molar-refractivity contribution is -0.126. The van der Waals surface area contributed by atoms with E-state index in [0.29, 0.717) is 6.42 Å². The van der Waals surface area contributed by atoms with Gasteiger partial charge in [0.05, 0.1) is 6.54 Å². The summed E-state index contributed by atoms with van der Waals surface area (Å²) >= 11 is 0. The van der Waals surface area contributed by atoms with Crippen molar-refractivity contribution >= 4 is 11.8 Å². The van der Waals surface area contributed by atoms with E-state index >= 15 is 0 Å². The molecule has 1 atom stereocenters. The van der Waals surface area contributed by atoms with Gasteiger partial charge < -0.3 is 10.6 Å². The summed E-state index contributed by atoms with van der Waals surface area (Å²) in [4.78, 5) is 23.3. The third-order valence-electron chi connectivity index (χ3n) is 3.51. The first kappa shape index (κ1) is 20.7. The summed E-state index contributed by atoms with van der Waals surface area (Å²) in [5, 5.41) is 5.60. The van der Waals surface area contributed by atoms with E-state index in [1.807, 2.05) is 6.92 Å². The average Bonchev–Trinajstić information content (AvgIpc) is 2.44. The average molecular weight is 310 g/mol. The summed E-state index contributed by atoms with van der Waals surface area (Å²) < 4.78 is 0. The number of hydrogen-bond acceptors (Lipinski definition) is 2. The molecular weight excluding hydrogens is 276 g/mol. The standard InChI is InChI=1S/C18H34N2O2/c1-5-6-7-8-9-13-17(21)19-14-18(22)20-16(4)12-10-11-15(2)3/h11,16H,5-10,12-14H2,1-4H3,(H,19,21)(H,20,22)/t16-/m0/s1. The molecule has 0 aliphatic rings. The van der Waals surface area contributed by atoms with Gasteiger partial charge in [0.1, 0.15) is 0 Å². The second kappa shape index (κ2) is 13.4. The highest BCUT2D eigenvalue weighted by atomic mass is 16.2. The zero-order valence-corrected chi connectivity index (χ0v) is 14.8. The number of amides is 2. The van der Waals surface area contributed by atoms with Crippen LogP contribution in [-0.2, 0) is 9.59 Å². The lowest BCUT2D eigenvalue weighted by Gasteiger charge is -2.13. The van der Waals surface area contributed by atoms with Crippen LogP contribution >= 0.6 is 0 Å². The molecule has 0 rings (SSSR count). The van der Waals surface area contributed by atoms with E-state index in [0.717, 1.165) is 25.7 Å². The first-order valence-corrected chi connectivity index (χ1v) is 8.65. The minimum atomic E-state index is -0.107. The van der Waals surface area contributed by atoms with Crippen LogP contribution < -0.4 is 10.6 Å². The van der Waals surface area contributed by atoms with Crippen LogP contribution in [0.15, 0.2) is 11.6 Å². The maximum atomic E-state index is 11.7. The quantitative estimate of drug-likeness (QED) is 0.426. The molecule has 0 heterocycles. The van der Waals surface area contributed by atoms with E-state index in [1.165, 1.54) is 24.8 Å². The molecule has 4 heteroatoms. The topological polar surface area (TPSA) is 58.2 Å². The summed E-state index contributed by atoms with van der Waals surface area (Å²) in [5.74, 6) is -0.132. The predicted molar refractivity (Wildman–Crippen MR) is 92.7 cm³/mol. The fraction of sp³-hybridized carbons (Fsp3) is 0.778. The van der Waals surface area contributed by atoms with Gasteiger partial charge in [0, 0.05) is 12.5 Å². The Morgan fingerprint density at radius 1 is 1.05 bits per heavy atom. The minimum absolute atomic E-state index is 0.0242. The monoisotopic (exact) mass is 310 g/mol. The molecule has 2 amide bonds. The van der Waals surface area contributed by atoms with Gasteiger partial charge in [-0.15, -0.1) is 0 Å². The van der Waals surface area contributed by atoms with Gasteiger partial charge in [0.15, 0.2) is 0 Å². The Labute approximate surface area is 136 Å². The highest BCUT2D eigenvalue weighted by Crippen LogP contribution is 2.04. The Hall–Kier alpha value is -1.32. The molecule has 0 fully saturated rings. The molecule has 0 aromatic carbocycles. The Bertz CT molecular complexity index is 347. The van der Waals surface area contributed by atoms with Crippen molar-refractivity contribution in [3.05, 3.63) is 11.6 Å². The highest BCUT2D eigenvalue weighted by molar-refractivity contribution is 5.84. The first-order valence-electron chi connectivity index (χ1n) is 8.65. The van der Waals surface area contributed by atoms with Gasteiger partial charge in [-0.3, -0.25) is 9.59 Å². The van der Waals surface area contributed by atoms with Crippen molar-refractivity contribution in [3.8, 4) is 0 Å². The van der Waals surface area contributed by atoms with Gasteiger partial charge in [-0.05, 0) is 40.0 Å². The van der Waals surface area contributed by atoms with E-state index in [2.05, 4.69) is 37.5 Å². The zero-order valence-electron chi connectivity index (χ0n) is 14.8. The lowest BCUT2D eigenvalue weighted by atomic mass is 10.1. The molecule has 4 nitrogen and oxygen atoms in total. The molecule has 0 unspecified atom stereocenters. The van der Waals surface area contributed by atoms with Gasteiger partial charge >= 0.3 is 0 Å². The first-order chi connectivity index (χ1) is 10.5. The van der Waals surface area contributed by atoms with Crippen molar-refractivity contribution in [2.75, 3.05) is 6.54 Å². The molecule has 2 N–H and O–H groups in total. The van der Waals surface area contributed by atoms with Crippen LogP contribution in [0.25, 0.3) is 0 Å². The van der Waals surface area contributed by atoms with Crippen LogP contribution in [0.3, 0.4) is 0 Å². The second-order valence-electron chi connectivity index (χ2n) is 6.27. The summed E-state index contributed by atoms with van der Waals surface area (Å²) in [5.41, 5.74) is 1.30. The fourth-order valence-corrected chi connectivity index (χ4v) is 2.18. The maximum absolute atomic E-state index is 11.7. The predicted octanol–water partition coefficient (Wildman–Crippen LogP) is 3.71. The largest absolute Gasteiger partial charge is 0.352 e. The van der Waals surface area contributed by atoms with E-state index in [-0.39, 0.29) is 24.4 Å². The molecule has 0 radical (unpaired) electrons. The van der Waals surface area contributed by atoms with Crippen molar-refractivity contribution in [3.63, 3.8) is 0 Å². The summed E-state index contributed by atoms with van der Waals surface area (Å²) in [6.45, 7) is 8.39. The summed E-state index contributed by atoms with van der Waals surface area (Å²) in [6.07, 6.45) is 10.2. The second-order valence-corrected chi connectivity index (χ2v) is 6.27. The van der Waals surface area contributed by atoms with Crippen molar-refractivity contribution in [1.29, 1.82) is 0 Å². The summed E-state index contributed by atoms with van der Waals surface area (Å²) in [7, 11) is 0. The lowest BCUT2D eigenvalue weighted by Crippen LogP contribution is -2.40. The Morgan fingerprint density at radius 3 is 2.36 bits per heavy atom. The number of allylic oxidation sites excluding steroid dienone is 2. The van der Waals surface area contributed by atoms with Gasteiger partial charge in [-0.1, -0.05) is 44.3 Å². The van der Waals surface area contributed by atoms with Gasteiger partial charge in [0.25, 0.3) is 0 Å². The van der Waals surface area contributed by atoms with E-state index in [4.69, 9.17) is 0 Å². The van der Waals surface area contributed by atoms with Gasteiger partial charge in [0.2, 0.25) is 11.8 Å². The number of hydrogen-bond donors (Lipinski definition) is 2. The molecule has 0 saturated carbocycles. The maximum Gasteiger partial charge on any atom is 0.239 e. The molecule has 0 aliphatic heterocycles. The number of carbonyl (C=O) groups excluding carboxylic acids is 2. The molecular formula is C18H34N2O2. The number of carbonyl (C=O) groups is 2. The fourth-order valence-electron chi connectivity index (χ4n) is 2.18. The van der Waals surface area contributed by atoms with Crippen molar-refractivity contribution in [2.45, 2.75) is 85.1 Å². The molecule has 0 bridgehead atoms. The van der Waals surface area contributed by atoms with Gasteiger partial charge in [-0.25, -0.2) is 0 Å². The molecule has 0 aromatic heterocycles. The normalized spacial score (nSPS) is 11.6. The molecule has 0 spiro atoms. The highest BCUT2D eigenvalue weighted by Gasteiger charge is 2.08. The number of unbranched alkanes of at least 4 members (excludes halogenated alkanes) is 4. The van der Waals surface area contributed by atoms with E-state index in [1.54, 1.807) is 0 Å². The molecule has 128 valence electrons. The molecule has 0 aliphatic carbocycles. The van der Waals surface area contributed by atoms with Crippen LogP contribution in [0, 0.1) is 0 Å². The van der Waals surface area contributed by atoms with Crippen molar-refractivity contribution in [2.24, 2.45) is 0 Å².